The lowest BCUT2D eigenvalue weighted by molar-refractivity contribution is 0.238. The predicted octanol–water partition coefficient (Wildman–Crippen LogP) is 5.05. The molecule has 0 amide bonds. The molecule has 0 saturated carbocycles. The molecule has 0 saturated heterocycles. The van der Waals surface area contributed by atoms with Crippen molar-refractivity contribution < 1.29 is 9.47 Å². The first-order chi connectivity index (χ1) is 10.1. The van der Waals surface area contributed by atoms with Crippen molar-refractivity contribution in [2.45, 2.75) is 60.0 Å². The molecule has 0 aliphatic heterocycles. The third kappa shape index (κ3) is 6.05. The summed E-state index contributed by atoms with van der Waals surface area (Å²) in [6, 6.07) is 3.73. The molecule has 0 spiro atoms. The number of methoxy groups -OCH3 is 1. The smallest absolute Gasteiger partial charge is 0.165 e. The fourth-order valence-corrected chi connectivity index (χ4v) is 3.17. The number of benzene rings is 1. The summed E-state index contributed by atoms with van der Waals surface area (Å²) >= 11 is 6.19. The van der Waals surface area contributed by atoms with Crippen molar-refractivity contribution in [3.63, 3.8) is 0 Å². The average molecular weight is 328 g/mol. The van der Waals surface area contributed by atoms with E-state index >= 15 is 0 Å². The summed E-state index contributed by atoms with van der Waals surface area (Å²) in [5.41, 5.74) is 1.32. The minimum Gasteiger partial charge on any atom is -0.493 e. The summed E-state index contributed by atoms with van der Waals surface area (Å²) in [6.07, 6.45) is 1.07. The van der Waals surface area contributed by atoms with Gasteiger partial charge in [0.2, 0.25) is 0 Å². The second-order valence-corrected chi connectivity index (χ2v) is 7.94. The van der Waals surface area contributed by atoms with E-state index in [0.29, 0.717) is 23.9 Å². The van der Waals surface area contributed by atoms with Gasteiger partial charge in [-0.15, -0.1) is 0 Å². The van der Waals surface area contributed by atoms with E-state index in [4.69, 9.17) is 21.1 Å². The number of rotatable bonds is 7. The van der Waals surface area contributed by atoms with Crippen LogP contribution in [0, 0.1) is 5.41 Å². The Kier molecular flexibility index (Phi) is 6.57. The van der Waals surface area contributed by atoms with E-state index < -0.39 is 0 Å². The minimum atomic E-state index is 0.0251. The van der Waals surface area contributed by atoms with Crippen LogP contribution in [0.25, 0.3) is 0 Å². The molecular formula is C18H30ClNO2. The van der Waals surface area contributed by atoms with Gasteiger partial charge in [-0.1, -0.05) is 32.4 Å². The molecular weight excluding hydrogens is 298 g/mol. The molecule has 22 heavy (non-hydrogen) atoms. The molecule has 0 radical (unpaired) electrons. The highest BCUT2D eigenvalue weighted by Crippen LogP contribution is 2.35. The van der Waals surface area contributed by atoms with Crippen LogP contribution in [-0.2, 0) is 6.54 Å². The molecule has 0 atom stereocenters. The van der Waals surface area contributed by atoms with Gasteiger partial charge in [0.05, 0.1) is 13.7 Å². The van der Waals surface area contributed by atoms with E-state index in [9.17, 15) is 0 Å². The molecule has 0 fully saturated rings. The van der Waals surface area contributed by atoms with Crippen molar-refractivity contribution in [3.05, 3.63) is 22.7 Å². The lowest BCUT2D eigenvalue weighted by Gasteiger charge is -2.33. The highest BCUT2D eigenvalue weighted by atomic mass is 35.5. The monoisotopic (exact) mass is 327 g/mol. The number of halogens is 1. The third-order valence-electron chi connectivity index (χ3n) is 3.33. The molecule has 1 N–H and O–H groups in total. The van der Waals surface area contributed by atoms with Gasteiger partial charge in [-0.25, -0.2) is 0 Å². The van der Waals surface area contributed by atoms with Gasteiger partial charge in [-0.3, -0.25) is 0 Å². The standard InChI is InChI=1S/C18H30ClNO2/c1-8-22-16-13(9-14(19)10-15(16)21-7)11-20-18(5,6)12-17(2,3)4/h9-10,20H,8,11-12H2,1-7H3. The first kappa shape index (κ1) is 19.1. The Balaban J connectivity index is 2.95. The minimum absolute atomic E-state index is 0.0251. The van der Waals surface area contributed by atoms with Crippen LogP contribution in [0.3, 0.4) is 0 Å². The zero-order valence-electron chi connectivity index (χ0n) is 15.0. The summed E-state index contributed by atoms with van der Waals surface area (Å²) in [6.45, 7) is 14.5. The number of nitrogens with one attached hydrogen (secondary N) is 1. The summed E-state index contributed by atoms with van der Waals surface area (Å²) in [5.74, 6) is 1.45. The zero-order valence-corrected chi connectivity index (χ0v) is 15.7. The molecule has 3 nitrogen and oxygen atoms in total. The van der Waals surface area contributed by atoms with Gasteiger partial charge in [-0.05, 0) is 38.7 Å². The van der Waals surface area contributed by atoms with Crippen molar-refractivity contribution in [3.8, 4) is 11.5 Å². The molecule has 1 aromatic carbocycles. The van der Waals surface area contributed by atoms with Gasteiger partial charge in [0.1, 0.15) is 0 Å². The second-order valence-electron chi connectivity index (χ2n) is 7.50. The summed E-state index contributed by atoms with van der Waals surface area (Å²) in [5, 5.41) is 4.27. The van der Waals surface area contributed by atoms with E-state index in [0.717, 1.165) is 17.7 Å². The number of hydrogen-bond acceptors (Lipinski definition) is 3. The molecule has 1 aromatic rings. The van der Waals surface area contributed by atoms with Gasteiger partial charge >= 0.3 is 0 Å². The van der Waals surface area contributed by atoms with Gasteiger partial charge < -0.3 is 14.8 Å². The second kappa shape index (κ2) is 7.56. The maximum atomic E-state index is 6.19. The van der Waals surface area contributed by atoms with E-state index in [1.54, 1.807) is 13.2 Å². The molecule has 0 unspecified atom stereocenters. The van der Waals surface area contributed by atoms with Crippen molar-refractivity contribution in [2.75, 3.05) is 13.7 Å². The topological polar surface area (TPSA) is 30.5 Å². The van der Waals surface area contributed by atoms with Crippen LogP contribution < -0.4 is 14.8 Å². The number of ether oxygens (including phenoxy) is 2. The van der Waals surface area contributed by atoms with Crippen LogP contribution in [0.5, 0.6) is 11.5 Å². The Morgan fingerprint density at radius 2 is 1.77 bits per heavy atom. The maximum Gasteiger partial charge on any atom is 0.165 e. The van der Waals surface area contributed by atoms with E-state index in [1.807, 2.05) is 13.0 Å². The predicted molar refractivity (Wildman–Crippen MR) is 94.2 cm³/mol. The number of hydrogen-bond donors (Lipinski definition) is 1. The van der Waals surface area contributed by atoms with Crippen LogP contribution in [0.1, 0.15) is 53.5 Å². The van der Waals surface area contributed by atoms with Crippen molar-refractivity contribution in [1.82, 2.24) is 5.32 Å². The normalized spacial score (nSPS) is 12.4. The zero-order chi connectivity index (χ0) is 17.0. The Labute approximate surface area is 140 Å². The molecule has 0 aromatic heterocycles. The molecule has 0 heterocycles. The van der Waals surface area contributed by atoms with Gasteiger partial charge in [-0.2, -0.15) is 0 Å². The van der Waals surface area contributed by atoms with Crippen molar-refractivity contribution >= 4 is 11.6 Å². The van der Waals surface area contributed by atoms with Crippen LogP contribution >= 0.6 is 11.6 Å². The quantitative estimate of drug-likeness (QED) is 0.760. The Morgan fingerprint density at radius 3 is 2.27 bits per heavy atom. The largest absolute Gasteiger partial charge is 0.493 e. The fraction of sp³-hybridized carbons (Fsp3) is 0.667. The molecule has 4 heteroatoms. The SMILES string of the molecule is CCOc1c(CNC(C)(C)CC(C)(C)C)cc(Cl)cc1OC. The lowest BCUT2D eigenvalue weighted by atomic mass is 9.81. The van der Waals surface area contributed by atoms with Gasteiger partial charge in [0.25, 0.3) is 0 Å². The highest BCUT2D eigenvalue weighted by molar-refractivity contribution is 6.30. The Bertz CT molecular complexity index is 493. The molecule has 0 bridgehead atoms. The first-order valence-corrected chi connectivity index (χ1v) is 8.20. The van der Waals surface area contributed by atoms with Crippen LogP contribution in [0.15, 0.2) is 12.1 Å². The van der Waals surface area contributed by atoms with Gasteiger partial charge in [0, 0.05) is 28.7 Å². The van der Waals surface area contributed by atoms with Crippen LogP contribution in [0.2, 0.25) is 5.02 Å². The summed E-state index contributed by atoms with van der Waals surface area (Å²) in [7, 11) is 1.63. The van der Waals surface area contributed by atoms with E-state index in [-0.39, 0.29) is 11.0 Å². The van der Waals surface area contributed by atoms with Gasteiger partial charge in [0.15, 0.2) is 11.5 Å². The maximum absolute atomic E-state index is 6.19. The third-order valence-corrected chi connectivity index (χ3v) is 3.55. The lowest BCUT2D eigenvalue weighted by Crippen LogP contribution is -2.41. The van der Waals surface area contributed by atoms with E-state index in [1.165, 1.54) is 0 Å². The summed E-state index contributed by atoms with van der Waals surface area (Å²) < 4.78 is 11.2. The first-order valence-electron chi connectivity index (χ1n) is 7.82. The fourth-order valence-electron chi connectivity index (χ4n) is 2.94. The van der Waals surface area contributed by atoms with Crippen LogP contribution in [-0.4, -0.2) is 19.3 Å². The van der Waals surface area contributed by atoms with Crippen molar-refractivity contribution in [2.24, 2.45) is 5.41 Å². The van der Waals surface area contributed by atoms with E-state index in [2.05, 4.69) is 39.9 Å². The molecule has 1 rings (SSSR count). The van der Waals surface area contributed by atoms with Crippen LogP contribution in [0.4, 0.5) is 0 Å². The molecule has 126 valence electrons. The highest BCUT2D eigenvalue weighted by Gasteiger charge is 2.25. The molecule has 0 aliphatic rings. The Hall–Kier alpha value is -0.930. The average Bonchev–Trinajstić information content (AvgIpc) is 2.36. The Morgan fingerprint density at radius 1 is 1.14 bits per heavy atom. The molecule has 0 aliphatic carbocycles. The summed E-state index contributed by atoms with van der Waals surface area (Å²) in [4.78, 5) is 0. The van der Waals surface area contributed by atoms with Crippen molar-refractivity contribution in [1.29, 1.82) is 0 Å².